The van der Waals surface area contributed by atoms with E-state index in [1.807, 2.05) is 12.1 Å². The molecule has 34 heavy (non-hydrogen) atoms. The zero-order valence-electron chi connectivity index (χ0n) is 18.1. The van der Waals surface area contributed by atoms with Gasteiger partial charge < -0.3 is 10.2 Å². The zero-order chi connectivity index (χ0) is 23.5. The fourth-order valence-corrected chi connectivity index (χ4v) is 5.41. The van der Waals surface area contributed by atoms with Crippen molar-refractivity contribution >= 4 is 11.6 Å². The summed E-state index contributed by atoms with van der Waals surface area (Å²) in [4.78, 5) is 27.8. The Morgan fingerprint density at radius 2 is 0.765 bits per heavy atom. The summed E-state index contributed by atoms with van der Waals surface area (Å²) in [6.45, 7) is 0. The summed E-state index contributed by atoms with van der Waals surface area (Å²) in [5.74, 6) is -0.931. The number of fused-ring (bicyclic) bond motifs is 2. The maximum atomic E-state index is 13.9. The summed E-state index contributed by atoms with van der Waals surface area (Å²) >= 11 is 0. The van der Waals surface area contributed by atoms with Crippen LogP contribution in [-0.4, -0.2) is 21.8 Å². The highest BCUT2D eigenvalue weighted by atomic mass is 16.3. The van der Waals surface area contributed by atoms with Gasteiger partial charge in [0.05, 0.1) is 11.1 Å². The quantitative estimate of drug-likeness (QED) is 0.445. The van der Waals surface area contributed by atoms with Crippen molar-refractivity contribution in [2.75, 3.05) is 0 Å². The van der Waals surface area contributed by atoms with E-state index in [1.165, 1.54) is 0 Å². The molecule has 0 aromatic heterocycles. The molecular weight excluding hydrogens is 424 g/mol. The van der Waals surface area contributed by atoms with Crippen LogP contribution in [0.4, 0.5) is 0 Å². The minimum atomic E-state index is -1.90. The number of carbonyl (C=O) groups excluding carboxylic acids is 2. The summed E-state index contributed by atoms with van der Waals surface area (Å²) in [5, 5.41) is 24.7. The SMILES string of the molecule is O=C1/C(=C2\C(=O)c3ccccc3C2(O)c2ccccc2)C(O)(c2ccccc2)c2ccccc21. The van der Waals surface area contributed by atoms with Gasteiger partial charge in [0.2, 0.25) is 0 Å². The third kappa shape index (κ3) is 2.49. The number of aliphatic hydroxyl groups is 2. The third-order valence-corrected chi connectivity index (χ3v) is 6.93. The van der Waals surface area contributed by atoms with Crippen LogP contribution in [0, 0.1) is 0 Å². The Bertz CT molecular complexity index is 1390. The van der Waals surface area contributed by atoms with Gasteiger partial charge in [-0.25, -0.2) is 0 Å². The monoisotopic (exact) mass is 444 g/mol. The first-order valence-corrected chi connectivity index (χ1v) is 11.1. The summed E-state index contributed by atoms with van der Waals surface area (Å²) in [6.07, 6.45) is 0. The lowest BCUT2D eigenvalue weighted by Crippen LogP contribution is -2.36. The first-order valence-electron chi connectivity index (χ1n) is 11.1. The molecule has 2 aliphatic carbocycles. The van der Waals surface area contributed by atoms with Crippen molar-refractivity contribution < 1.29 is 19.8 Å². The van der Waals surface area contributed by atoms with E-state index in [2.05, 4.69) is 0 Å². The van der Waals surface area contributed by atoms with Crippen molar-refractivity contribution in [2.24, 2.45) is 0 Å². The molecule has 4 aromatic carbocycles. The molecule has 0 saturated heterocycles. The van der Waals surface area contributed by atoms with E-state index < -0.39 is 22.8 Å². The first-order chi connectivity index (χ1) is 16.5. The van der Waals surface area contributed by atoms with E-state index in [0.717, 1.165) is 0 Å². The summed E-state index contributed by atoms with van der Waals surface area (Å²) in [7, 11) is 0. The molecule has 0 aliphatic heterocycles. The number of ketones is 2. The molecule has 0 saturated carbocycles. The molecule has 2 unspecified atom stereocenters. The fourth-order valence-electron chi connectivity index (χ4n) is 5.41. The highest BCUT2D eigenvalue weighted by Crippen LogP contribution is 2.54. The molecule has 0 radical (unpaired) electrons. The topological polar surface area (TPSA) is 74.6 Å². The predicted octanol–water partition coefficient (Wildman–Crippen LogP) is 4.55. The second-order valence-corrected chi connectivity index (χ2v) is 8.65. The van der Waals surface area contributed by atoms with Gasteiger partial charge in [-0.3, -0.25) is 9.59 Å². The van der Waals surface area contributed by atoms with Crippen molar-refractivity contribution in [3.05, 3.63) is 154 Å². The fraction of sp³-hybridized carbons (Fsp3) is 0.0667. The highest BCUT2D eigenvalue weighted by Gasteiger charge is 2.57. The first kappa shape index (κ1) is 20.5. The maximum Gasteiger partial charge on any atom is 0.193 e. The van der Waals surface area contributed by atoms with Crippen LogP contribution in [0.25, 0.3) is 0 Å². The van der Waals surface area contributed by atoms with E-state index in [1.54, 1.807) is 97.1 Å². The van der Waals surface area contributed by atoms with Gasteiger partial charge in [-0.05, 0) is 11.1 Å². The molecule has 0 amide bonds. The van der Waals surface area contributed by atoms with E-state index in [0.29, 0.717) is 33.4 Å². The van der Waals surface area contributed by atoms with Gasteiger partial charge in [-0.2, -0.15) is 0 Å². The molecule has 2 aliphatic rings. The van der Waals surface area contributed by atoms with Crippen molar-refractivity contribution in [1.82, 2.24) is 0 Å². The van der Waals surface area contributed by atoms with E-state index in [9.17, 15) is 19.8 Å². The van der Waals surface area contributed by atoms with Crippen LogP contribution in [-0.2, 0) is 11.2 Å². The van der Waals surface area contributed by atoms with Gasteiger partial charge in [0.1, 0.15) is 11.2 Å². The molecule has 4 nitrogen and oxygen atoms in total. The molecule has 4 heteroatoms. The molecule has 0 fully saturated rings. The maximum absolute atomic E-state index is 13.9. The standard InChI is InChI=1S/C30H20O4/c31-27-21-15-7-9-17-23(21)29(33,19-11-3-1-4-12-19)25(27)26-28(32)22-16-8-10-18-24(22)30(26,34)20-13-5-2-6-14-20/h1-18,33-34H/b26-25-. The lowest BCUT2D eigenvalue weighted by Gasteiger charge is -2.32. The molecule has 0 spiro atoms. The summed E-state index contributed by atoms with van der Waals surface area (Å²) in [6, 6.07) is 31.3. The smallest absolute Gasteiger partial charge is 0.193 e. The number of hydrogen-bond acceptors (Lipinski definition) is 4. The Balaban J connectivity index is 1.77. The lowest BCUT2D eigenvalue weighted by molar-refractivity contribution is 0.0803. The Kier molecular flexibility index (Phi) is 4.33. The number of Topliss-reactive ketones (excluding diaryl/α,β-unsaturated/α-hetero) is 2. The molecule has 164 valence electrons. The van der Waals surface area contributed by atoms with Gasteiger partial charge in [0.15, 0.2) is 11.6 Å². The van der Waals surface area contributed by atoms with Crippen molar-refractivity contribution in [3.8, 4) is 0 Å². The number of hydrogen-bond donors (Lipinski definition) is 2. The van der Waals surface area contributed by atoms with Gasteiger partial charge in [-0.1, -0.05) is 109 Å². The second-order valence-electron chi connectivity index (χ2n) is 8.65. The minimum absolute atomic E-state index is 0.104. The van der Waals surface area contributed by atoms with E-state index >= 15 is 0 Å². The molecule has 0 heterocycles. The van der Waals surface area contributed by atoms with Crippen LogP contribution in [0.1, 0.15) is 43.0 Å². The Morgan fingerprint density at radius 1 is 0.441 bits per heavy atom. The average Bonchev–Trinajstić information content (AvgIpc) is 3.26. The molecular formula is C30H20O4. The van der Waals surface area contributed by atoms with E-state index in [-0.39, 0.29) is 11.1 Å². The van der Waals surface area contributed by atoms with E-state index in [4.69, 9.17) is 0 Å². The van der Waals surface area contributed by atoms with Crippen LogP contribution >= 0.6 is 0 Å². The number of benzene rings is 4. The van der Waals surface area contributed by atoms with Crippen LogP contribution in [0.3, 0.4) is 0 Å². The molecule has 0 bridgehead atoms. The van der Waals surface area contributed by atoms with Gasteiger partial charge in [0.25, 0.3) is 0 Å². The van der Waals surface area contributed by atoms with Crippen LogP contribution in [0.2, 0.25) is 0 Å². The number of carbonyl (C=O) groups is 2. The average molecular weight is 444 g/mol. The van der Waals surface area contributed by atoms with Crippen LogP contribution < -0.4 is 0 Å². The molecule has 2 N–H and O–H groups in total. The largest absolute Gasteiger partial charge is 0.376 e. The molecule has 2 atom stereocenters. The number of rotatable bonds is 2. The Labute approximate surface area is 196 Å². The predicted molar refractivity (Wildman–Crippen MR) is 127 cm³/mol. The normalized spacial score (nSPS) is 25.4. The van der Waals surface area contributed by atoms with Crippen LogP contribution in [0.5, 0.6) is 0 Å². The lowest BCUT2D eigenvalue weighted by atomic mass is 9.76. The van der Waals surface area contributed by atoms with Crippen molar-refractivity contribution in [1.29, 1.82) is 0 Å². The van der Waals surface area contributed by atoms with Crippen LogP contribution in [0.15, 0.2) is 120 Å². The van der Waals surface area contributed by atoms with Gasteiger partial charge >= 0.3 is 0 Å². The Morgan fingerprint density at radius 3 is 1.15 bits per heavy atom. The summed E-state index contributed by atoms with van der Waals surface area (Å²) < 4.78 is 0. The highest BCUT2D eigenvalue weighted by molar-refractivity contribution is 6.25. The zero-order valence-corrected chi connectivity index (χ0v) is 18.1. The molecule has 4 aromatic rings. The van der Waals surface area contributed by atoms with Crippen molar-refractivity contribution in [2.45, 2.75) is 11.2 Å². The summed E-state index contributed by atoms with van der Waals surface area (Å²) in [5.41, 5.74) is -1.67. The minimum Gasteiger partial charge on any atom is -0.376 e. The Hall–Kier alpha value is -4.12. The second kappa shape index (κ2) is 7.19. The van der Waals surface area contributed by atoms with Gasteiger partial charge in [0, 0.05) is 22.3 Å². The molecule has 6 rings (SSSR count). The van der Waals surface area contributed by atoms with Crippen molar-refractivity contribution in [3.63, 3.8) is 0 Å². The van der Waals surface area contributed by atoms with Gasteiger partial charge in [-0.15, -0.1) is 0 Å². The third-order valence-electron chi connectivity index (χ3n) is 6.93.